The molecule has 0 bridgehead atoms. The van der Waals surface area contributed by atoms with Gasteiger partial charge in [0.1, 0.15) is 11.4 Å². The Balaban J connectivity index is 2.70. The van der Waals surface area contributed by atoms with Crippen molar-refractivity contribution in [3.05, 3.63) is 52.9 Å². The number of aromatic nitrogens is 1. The van der Waals surface area contributed by atoms with Gasteiger partial charge in [-0.25, -0.2) is 9.37 Å². The van der Waals surface area contributed by atoms with Crippen LogP contribution in [0.4, 0.5) is 8.78 Å². The molecule has 0 aliphatic rings. The average Bonchev–Trinajstić information content (AvgIpc) is 2.55. The lowest BCUT2D eigenvalue weighted by molar-refractivity contribution is -0.153. The number of carbonyl (C=O) groups is 1. The third-order valence-corrected chi connectivity index (χ3v) is 4.14. The number of ether oxygens (including phenoxy) is 2. The standard InChI is InChI=1S/C22H27F2NO3/c1-13(2)20-17(11-19(26)28-22(3,4)5)16(9-15(12-27-6)21(20)24)14-7-8-25-18(23)10-14/h7-10,13H,11-12H2,1-6H3. The van der Waals surface area contributed by atoms with E-state index in [1.807, 2.05) is 13.8 Å². The number of carbonyl (C=O) groups excluding carboxylic acids is 1. The first-order chi connectivity index (χ1) is 13.0. The zero-order chi connectivity index (χ0) is 21.1. The lowest BCUT2D eigenvalue weighted by Crippen LogP contribution is -2.25. The van der Waals surface area contributed by atoms with Crippen LogP contribution in [0, 0.1) is 11.8 Å². The Labute approximate surface area is 164 Å². The van der Waals surface area contributed by atoms with E-state index in [2.05, 4.69) is 4.98 Å². The van der Waals surface area contributed by atoms with Crippen LogP contribution in [-0.2, 0) is 27.3 Å². The van der Waals surface area contributed by atoms with Crippen LogP contribution in [0.3, 0.4) is 0 Å². The fourth-order valence-corrected chi connectivity index (χ4v) is 3.18. The molecule has 0 aliphatic heterocycles. The van der Waals surface area contributed by atoms with Gasteiger partial charge in [0.25, 0.3) is 0 Å². The van der Waals surface area contributed by atoms with E-state index in [0.717, 1.165) is 0 Å². The first kappa shape index (κ1) is 22.0. The van der Waals surface area contributed by atoms with Crippen molar-refractivity contribution in [2.24, 2.45) is 0 Å². The number of esters is 1. The number of hydrogen-bond acceptors (Lipinski definition) is 4. The Morgan fingerprint density at radius 2 is 1.89 bits per heavy atom. The second-order valence-electron chi connectivity index (χ2n) is 8.01. The topological polar surface area (TPSA) is 48.4 Å². The minimum absolute atomic E-state index is 0.0683. The van der Waals surface area contributed by atoms with Gasteiger partial charge in [-0.1, -0.05) is 13.8 Å². The number of halogens is 2. The molecule has 0 atom stereocenters. The molecule has 1 aromatic carbocycles. The van der Waals surface area contributed by atoms with Crippen molar-refractivity contribution in [3.63, 3.8) is 0 Å². The van der Waals surface area contributed by atoms with Gasteiger partial charge < -0.3 is 9.47 Å². The molecule has 0 unspecified atom stereocenters. The van der Waals surface area contributed by atoms with Gasteiger partial charge in [-0.3, -0.25) is 4.79 Å². The van der Waals surface area contributed by atoms with Crippen LogP contribution < -0.4 is 0 Å². The Kier molecular flexibility index (Phi) is 6.88. The minimum atomic E-state index is -0.660. The van der Waals surface area contributed by atoms with Crippen LogP contribution in [0.15, 0.2) is 24.4 Å². The van der Waals surface area contributed by atoms with Crippen molar-refractivity contribution >= 4 is 5.97 Å². The van der Waals surface area contributed by atoms with E-state index in [9.17, 15) is 9.18 Å². The Bertz CT molecular complexity index is 858. The van der Waals surface area contributed by atoms with E-state index in [0.29, 0.717) is 27.8 Å². The van der Waals surface area contributed by atoms with Crippen molar-refractivity contribution in [1.82, 2.24) is 4.98 Å². The molecular weight excluding hydrogens is 364 g/mol. The molecule has 152 valence electrons. The normalized spacial score (nSPS) is 11.8. The van der Waals surface area contributed by atoms with Gasteiger partial charge >= 0.3 is 5.97 Å². The zero-order valence-corrected chi connectivity index (χ0v) is 17.2. The number of pyridine rings is 1. The molecule has 0 saturated carbocycles. The summed E-state index contributed by atoms with van der Waals surface area (Å²) in [6.07, 6.45) is 1.23. The molecule has 0 saturated heterocycles. The molecule has 4 nitrogen and oxygen atoms in total. The number of hydrogen-bond donors (Lipinski definition) is 0. The molecule has 6 heteroatoms. The van der Waals surface area contributed by atoms with Crippen molar-refractivity contribution in [1.29, 1.82) is 0 Å². The van der Waals surface area contributed by atoms with E-state index < -0.39 is 23.3 Å². The predicted octanol–water partition coefficient (Wildman–Crippen LogP) is 5.18. The van der Waals surface area contributed by atoms with E-state index in [1.165, 1.54) is 19.4 Å². The molecule has 28 heavy (non-hydrogen) atoms. The number of benzene rings is 1. The first-order valence-electron chi connectivity index (χ1n) is 9.20. The zero-order valence-electron chi connectivity index (χ0n) is 17.2. The molecule has 1 heterocycles. The van der Waals surface area contributed by atoms with E-state index >= 15 is 4.39 Å². The largest absolute Gasteiger partial charge is 0.460 e. The summed E-state index contributed by atoms with van der Waals surface area (Å²) < 4.78 is 39.5. The molecule has 0 radical (unpaired) electrons. The van der Waals surface area contributed by atoms with Gasteiger partial charge in [0.05, 0.1) is 13.0 Å². The van der Waals surface area contributed by atoms with Crippen LogP contribution in [0.5, 0.6) is 0 Å². The van der Waals surface area contributed by atoms with Crippen molar-refractivity contribution in [2.45, 2.75) is 59.2 Å². The number of rotatable bonds is 6. The number of methoxy groups -OCH3 is 1. The molecule has 2 rings (SSSR count). The average molecular weight is 391 g/mol. The highest BCUT2D eigenvalue weighted by Crippen LogP contribution is 2.35. The Morgan fingerprint density at radius 1 is 1.21 bits per heavy atom. The third kappa shape index (κ3) is 5.35. The summed E-state index contributed by atoms with van der Waals surface area (Å²) in [5.41, 5.74) is 1.69. The van der Waals surface area contributed by atoms with Crippen LogP contribution in [0.2, 0.25) is 0 Å². The lowest BCUT2D eigenvalue weighted by atomic mass is 9.86. The molecular formula is C22H27F2NO3. The fraction of sp³-hybridized carbons (Fsp3) is 0.455. The van der Waals surface area contributed by atoms with E-state index in [-0.39, 0.29) is 18.9 Å². The molecule has 0 spiro atoms. The van der Waals surface area contributed by atoms with Gasteiger partial charge in [-0.15, -0.1) is 0 Å². The Morgan fingerprint density at radius 3 is 2.43 bits per heavy atom. The van der Waals surface area contributed by atoms with Gasteiger partial charge in [0, 0.05) is 24.9 Å². The summed E-state index contributed by atoms with van der Waals surface area (Å²) >= 11 is 0. The van der Waals surface area contributed by atoms with Crippen LogP contribution in [-0.4, -0.2) is 23.7 Å². The second-order valence-corrected chi connectivity index (χ2v) is 8.01. The predicted molar refractivity (Wildman–Crippen MR) is 104 cm³/mol. The molecule has 0 N–H and O–H groups in total. The summed E-state index contributed by atoms with van der Waals surface area (Å²) in [6, 6.07) is 4.52. The maximum Gasteiger partial charge on any atom is 0.310 e. The van der Waals surface area contributed by atoms with Gasteiger partial charge in [0.15, 0.2) is 0 Å². The van der Waals surface area contributed by atoms with Crippen LogP contribution >= 0.6 is 0 Å². The van der Waals surface area contributed by atoms with Gasteiger partial charge in [0.2, 0.25) is 5.95 Å². The first-order valence-corrected chi connectivity index (χ1v) is 9.20. The van der Waals surface area contributed by atoms with E-state index in [4.69, 9.17) is 9.47 Å². The van der Waals surface area contributed by atoms with Gasteiger partial charge in [-0.2, -0.15) is 4.39 Å². The van der Waals surface area contributed by atoms with Crippen molar-refractivity contribution in [3.8, 4) is 11.1 Å². The molecule has 0 amide bonds. The minimum Gasteiger partial charge on any atom is -0.460 e. The lowest BCUT2D eigenvalue weighted by Gasteiger charge is -2.23. The second kappa shape index (κ2) is 8.78. The summed E-state index contributed by atoms with van der Waals surface area (Å²) in [5.74, 6) is -1.72. The molecule has 0 fully saturated rings. The summed E-state index contributed by atoms with van der Waals surface area (Å²) in [5, 5.41) is 0. The summed E-state index contributed by atoms with van der Waals surface area (Å²) in [6.45, 7) is 9.09. The third-order valence-electron chi connectivity index (χ3n) is 4.14. The summed E-state index contributed by atoms with van der Waals surface area (Å²) in [4.78, 5) is 16.1. The van der Waals surface area contributed by atoms with E-state index in [1.54, 1.807) is 32.9 Å². The SMILES string of the molecule is COCc1cc(-c2ccnc(F)c2)c(CC(=O)OC(C)(C)C)c(C(C)C)c1F. The monoisotopic (exact) mass is 391 g/mol. The number of nitrogens with zero attached hydrogens (tertiary/aromatic N) is 1. The molecule has 2 aromatic rings. The fourth-order valence-electron chi connectivity index (χ4n) is 3.18. The highest BCUT2D eigenvalue weighted by molar-refractivity contribution is 5.80. The highest BCUT2D eigenvalue weighted by Gasteiger charge is 2.25. The van der Waals surface area contributed by atoms with Crippen molar-refractivity contribution < 1.29 is 23.0 Å². The molecule has 0 aliphatic carbocycles. The molecule has 1 aromatic heterocycles. The summed E-state index contributed by atoms with van der Waals surface area (Å²) in [7, 11) is 1.48. The smallest absolute Gasteiger partial charge is 0.310 e. The van der Waals surface area contributed by atoms with Crippen LogP contribution in [0.25, 0.3) is 11.1 Å². The van der Waals surface area contributed by atoms with Crippen molar-refractivity contribution in [2.75, 3.05) is 7.11 Å². The Hall–Kier alpha value is -2.34. The highest BCUT2D eigenvalue weighted by atomic mass is 19.1. The maximum atomic E-state index is 15.2. The maximum absolute atomic E-state index is 15.2. The van der Waals surface area contributed by atoms with Gasteiger partial charge in [-0.05, 0) is 61.1 Å². The van der Waals surface area contributed by atoms with Crippen LogP contribution in [0.1, 0.15) is 57.2 Å². The quantitative estimate of drug-likeness (QED) is 0.503.